The Kier molecular flexibility index (Phi) is 3.37. The summed E-state index contributed by atoms with van der Waals surface area (Å²) in [6, 6.07) is 5.33. The summed E-state index contributed by atoms with van der Waals surface area (Å²) in [5.41, 5.74) is 1.06. The highest BCUT2D eigenvalue weighted by Gasteiger charge is 2.40. The van der Waals surface area contributed by atoms with Gasteiger partial charge < -0.3 is 9.64 Å². The van der Waals surface area contributed by atoms with Crippen LogP contribution in [0.3, 0.4) is 0 Å². The lowest BCUT2D eigenvalue weighted by molar-refractivity contribution is -0.0388. The summed E-state index contributed by atoms with van der Waals surface area (Å²) in [6.45, 7) is 3.82. The molecular weight excluding hydrogens is 297 g/mol. The van der Waals surface area contributed by atoms with Crippen LogP contribution in [-0.2, 0) is 4.74 Å². The third kappa shape index (κ3) is 2.32. The maximum atomic E-state index is 14.6. The van der Waals surface area contributed by atoms with Crippen molar-refractivity contribution in [2.75, 3.05) is 19.7 Å². The summed E-state index contributed by atoms with van der Waals surface area (Å²) in [4.78, 5) is 18.6. The second kappa shape index (κ2) is 5.30. The smallest absolute Gasteiger partial charge is 0.277 e. The van der Waals surface area contributed by atoms with E-state index in [-0.39, 0.29) is 17.2 Å². The summed E-state index contributed by atoms with van der Waals surface area (Å²) < 4.78 is 21.9. The molecule has 0 aliphatic carbocycles. The quantitative estimate of drug-likeness (QED) is 0.812. The predicted molar refractivity (Wildman–Crippen MR) is 82.9 cm³/mol. The highest BCUT2D eigenvalue weighted by atomic mass is 19.1. The number of hydrogen-bond acceptors (Lipinski definition) is 3. The number of nitrogens with zero attached hydrogens (tertiary/aromatic N) is 3. The van der Waals surface area contributed by atoms with Crippen LogP contribution in [0.2, 0.25) is 0 Å². The molecule has 0 atom stereocenters. The number of rotatable bonds is 1. The number of carbonyl (C=O) groups excluding carboxylic acids is 1. The standard InChI is InChI=1S/C17H20FN3O2/c1-12-4-2-5-13-19-14(15(18)21(12)13)16(22)20-9-7-17(8-10-20)6-3-11-23-17/h2,4-5H,3,6-11H2,1H3. The molecule has 0 N–H and O–H groups in total. The van der Waals surface area contributed by atoms with Crippen LogP contribution in [0.25, 0.3) is 5.65 Å². The summed E-state index contributed by atoms with van der Waals surface area (Å²) in [5, 5.41) is 0. The van der Waals surface area contributed by atoms with Crippen molar-refractivity contribution in [3.05, 3.63) is 35.5 Å². The first-order chi connectivity index (χ1) is 11.1. The number of piperidine rings is 1. The average Bonchev–Trinajstić information content (AvgIpc) is 3.14. The molecule has 1 spiro atoms. The fourth-order valence-electron chi connectivity index (χ4n) is 3.77. The lowest BCUT2D eigenvalue weighted by Gasteiger charge is -2.38. The minimum atomic E-state index is -0.569. The van der Waals surface area contributed by atoms with E-state index in [2.05, 4.69) is 4.98 Å². The van der Waals surface area contributed by atoms with Crippen molar-refractivity contribution in [1.82, 2.24) is 14.3 Å². The Morgan fingerprint density at radius 3 is 2.74 bits per heavy atom. The second-order valence-corrected chi connectivity index (χ2v) is 6.54. The van der Waals surface area contributed by atoms with Crippen molar-refractivity contribution in [2.24, 2.45) is 0 Å². The van der Waals surface area contributed by atoms with E-state index in [9.17, 15) is 9.18 Å². The molecule has 6 heteroatoms. The van der Waals surface area contributed by atoms with Gasteiger partial charge in [0.05, 0.1) is 5.60 Å². The average molecular weight is 317 g/mol. The molecule has 2 aliphatic heterocycles. The first kappa shape index (κ1) is 14.6. The monoisotopic (exact) mass is 317 g/mol. The Morgan fingerprint density at radius 1 is 1.30 bits per heavy atom. The van der Waals surface area contributed by atoms with Crippen molar-refractivity contribution in [1.29, 1.82) is 0 Å². The zero-order valence-corrected chi connectivity index (χ0v) is 13.2. The van der Waals surface area contributed by atoms with Gasteiger partial charge in [-0.3, -0.25) is 9.20 Å². The van der Waals surface area contributed by atoms with Gasteiger partial charge in [0.25, 0.3) is 5.91 Å². The summed E-state index contributed by atoms with van der Waals surface area (Å²) in [5.74, 6) is -0.890. The fourth-order valence-corrected chi connectivity index (χ4v) is 3.77. The van der Waals surface area contributed by atoms with Crippen LogP contribution in [-0.4, -0.2) is 45.5 Å². The van der Waals surface area contributed by atoms with Crippen molar-refractivity contribution in [3.8, 4) is 0 Å². The SMILES string of the molecule is Cc1cccc2nc(C(=O)N3CCC4(CCCO4)CC3)c(F)n12. The molecule has 2 fully saturated rings. The second-order valence-electron chi connectivity index (χ2n) is 6.54. The maximum absolute atomic E-state index is 14.6. The van der Waals surface area contributed by atoms with Crippen molar-refractivity contribution in [3.63, 3.8) is 0 Å². The number of carbonyl (C=O) groups is 1. The van der Waals surface area contributed by atoms with Gasteiger partial charge in [-0.2, -0.15) is 4.39 Å². The van der Waals surface area contributed by atoms with Crippen LogP contribution in [0.5, 0.6) is 0 Å². The van der Waals surface area contributed by atoms with Gasteiger partial charge in [0, 0.05) is 25.4 Å². The van der Waals surface area contributed by atoms with Crippen LogP contribution >= 0.6 is 0 Å². The Bertz CT molecular complexity index is 755. The van der Waals surface area contributed by atoms with Crippen LogP contribution < -0.4 is 0 Å². The van der Waals surface area contributed by atoms with Crippen LogP contribution in [0.15, 0.2) is 18.2 Å². The van der Waals surface area contributed by atoms with E-state index >= 15 is 0 Å². The highest BCUT2D eigenvalue weighted by Crippen LogP contribution is 2.36. The number of imidazole rings is 1. The third-order valence-electron chi connectivity index (χ3n) is 5.13. The zero-order chi connectivity index (χ0) is 16.0. The predicted octanol–water partition coefficient (Wildman–Crippen LogP) is 2.57. The van der Waals surface area contributed by atoms with Crippen molar-refractivity contribution >= 4 is 11.6 Å². The molecule has 2 aliphatic rings. The Morgan fingerprint density at radius 2 is 2.09 bits per heavy atom. The number of amides is 1. The van der Waals surface area contributed by atoms with Gasteiger partial charge in [0.15, 0.2) is 5.69 Å². The van der Waals surface area contributed by atoms with Gasteiger partial charge in [-0.1, -0.05) is 6.07 Å². The zero-order valence-electron chi connectivity index (χ0n) is 13.2. The number of likely N-dealkylation sites (tertiary alicyclic amines) is 1. The normalized spacial score (nSPS) is 20.5. The molecule has 2 saturated heterocycles. The Balaban J connectivity index is 1.58. The van der Waals surface area contributed by atoms with Gasteiger partial charge in [-0.25, -0.2) is 4.98 Å². The molecule has 4 rings (SSSR count). The molecular formula is C17H20FN3O2. The largest absolute Gasteiger partial charge is 0.375 e. The molecule has 4 heterocycles. The number of halogens is 1. The summed E-state index contributed by atoms with van der Waals surface area (Å²) >= 11 is 0. The van der Waals surface area contributed by atoms with E-state index in [4.69, 9.17) is 4.74 Å². The summed E-state index contributed by atoms with van der Waals surface area (Å²) in [6.07, 6.45) is 3.81. The van der Waals surface area contributed by atoms with Gasteiger partial charge in [0.1, 0.15) is 5.65 Å². The number of hydrogen-bond donors (Lipinski definition) is 0. The number of aromatic nitrogens is 2. The molecule has 5 nitrogen and oxygen atoms in total. The van der Waals surface area contributed by atoms with Crippen LogP contribution in [0.4, 0.5) is 4.39 Å². The van der Waals surface area contributed by atoms with Gasteiger partial charge in [0.2, 0.25) is 5.95 Å². The number of ether oxygens (including phenoxy) is 1. The van der Waals surface area contributed by atoms with E-state index in [0.717, 1.165) is 38.0 Å². The summed E-state index contributed by atoms with van der Waals surface area (Å²) in [7, 11) is 0. The van der Waals surface area contributed by atoms with Crippen molar-refractivity contribution in [2.45, 2.75) is 38.2 Å². The molecule has 0 saturated carbocycles. The van der Waals surface area contributed by atoms with Gasteiger partial charge >= 0.3 is 0 Å². The molecule has 0 aromatic carbocycles. The third-order valence-corrected chi connectivity index (χ3v) is 5.13. The molecule has 2 aromatic rings. The Hall–Kier alpha value is -1.95. The van der Waals surface area contributed by atoms with E-state index in [1.165, 1.54) is 4.40 Å². The van der Waals surface area contributed by atoms with Crippen molar-refractivity contribution < 1.29 is 13.9 Å². The van der Waals surface area contributed by atoms with E-state index in [1.807, 2.05) is 6.07 Å². The lowest BCUT2D eigenvalue weighted by atomic mass is 9.88. The minimum Gasteiger partial charge on any atom is -0.375 e. The Labute approximate surface area is 134 Å². The van der Waals surface area contributed by atoms with E-state index in [0.29, 0.717) is 18.7 Å². The fraction of sp³-hybridized carbons (Fsp3) is 0.529. The van der Waals surface area contributed by atoms with Gasteiger partial charge in [-0.05, 0) is 44.7 Å². The molecule has 1 amide bonds. The number of fused-ring (bicyclic) bond motifs is 1. The maximum Gasteiger partial charge on any atom is 0.277 e. The number of pyridine rings is 1. The van der Waals surface area contributed by atoms with E-state index < -0.39 is 5.95 Å². The lowest BCUT2D eigenvalue weighted by Crippen LogP contribution is -2.46. The first-order valence-electron chi connectivity index (χ1n) is 8.16. The van der Waals surface area contributed by atoms with Gasteiger partial charge in [-0.15, -0.1) is 0 Å². The molecule has 122 valence electrons. The highest BCUT2D eigenvalue weighted by molar-refractivity contribution is 5.93. The molecule has 2 aromatic heterocycles. The molecule has 0 bridgehead atoms. The minimum absolute atomic E-state index is 0.0508. The van der Waals surface area contributed by atoms with E-state index in [1.54, 1.807) is 24.0 Å². The topological polar surface area (TPSA) is 46.8 Å². The first-order valence-corrected chi connectivity index (χ1v) is 8.16. The van der Waals surface area contributed by atoms with Crippen LogP contribution in [0, 0.1) is 12.9 Å². The molecule has 0 unspecified atom stereocenters. The number of aryl methyl sites for hydroxylation is 1. The van der Waals surface area contributed by atoms with Crippen LogP contribution in [0.1, 0.15) is 41.9 Å². The molecule has 0 radical (unpaired) electrons. The molecule has 23 heavy (non-hydrogen) atoms.